The van der Waals surface area contributed by atoms with E-state index in [1.165, 1.54) is 0 Å². The van der Waals surface area contributed by atoms with Crippen molar-refractivity contribution in [2.75, 3.05) is 5.32 Å². The SMILES string of the molecule is CCC(CC)C(=O)Nc1cnc2c(c1)c(C)nn2-c1ccccc1. The lowest BCUT2D eigenvalue weighted by molar-refractivity contribution is -0.120. The van der Waals surface area contributed by atoms with E-state index in [0.717, 1.165) is 40.9 Å². The first-order valence-electron chi connectivity index (χ1n) is 8.35. The molecule has 0 radical (unpaired) electrons. The van der Waals surface area contributed by atoms with Gasteiger partial charge >= 0.3 is 0 Å². The number of rotatable bonds is 5. The third kappa shape index (κ3) is 3.02. The number of carbonyl (C=O) groups is 1. The Kier molecular flexibility index (Phi) is 4.60. The molecule has 0 bridgehead atoms. The molecular formula is C19H22N4O. The molecule has 0 aliphatic heterocycles. The van der Waals surface area contributed by atoms with E-state index in [4.69, 9.17) is 0 Å². The lowest BCUT2D eigenvalue weighted by Crippen LogP contribution is -2.21. The summed E-state index contributed by atoms with van der Waals surface area (Å²) in [5.74, 6) is 0.0862. The first-order chi connectivity index (χ1) is 11.6. The molecule has 0 saturated heterocycles. The molecule has 124 valence electrons. The molecule has 0 unspecified atom stereocenters. The van der Waals surface area contributed by atoms with Gasteiger partial charge in [-0.2, -0.15) is 5.10 Å². The first kappa shape index (κ1) is 16.2. The second-order valence-corrected chi connectivity index (χ2v) is 5.93. The predicted molar refractivity (Wildman–Crippen MR) is 96.3 cm³/mol. The molecule has 5 nitrogen and oxygen atoms in total. The number of hydrogen-bond acceptors (Lipinski definition) is 3. The van der Waals surface area contributed by atoms with Crippen LogP contribution >= 0.6 is 0 Å². The van der Waals surface area contributed by atoms with Crippen LogP contribution in [0.25, 0.3) is 16.7 Å². The number of carbonyl (C=O) groups excluding carboxylic acids is 1. The average Bonchev–Trinajstić information content (AvgIpc) is 2.93. The zero-order valence-electron chi connectivity index (χ0n) is 14.3. The molecule has 1 N–H and O–H groups in total. The highest BCUT2D eigenvalue weighted by Crippen LogP contribution is 2.23. The monoisotopic (exact) mass is 322 g/mol. The van der Waals surface area contributed by atoms with Crippen LogP contribution in [0.3, 0.4) is 0 Å². The molecule has 0 aliphatic rings. The maximum Gasteiger partial charge on any atom is 0.227 e. The van der Waals surface area contributed by atoms with Gasteiger partial charge in [-0.3, -0.25) is 4.79 Å². The Bertz CT molecular complexity index is 850. The van der Waals surface area contributed by atoms with Gasteiger partial charge in [0.15, 0.2) is 5.65 Å². The van der Waals surface area contributed by atoms with E-state index in [9.17, 15) is 4.79 Å². The molecule has 2 heterocycles. The van der Waals surface area contributed by atoms with Crippen LogP contribution < -0.4 is 5.32 Å². The van der Waals surface area contributed by atoms with Gasteiger partial charge in [0, 0.05) is 11.3 Å². The molecular weight excluding hydrogens is 300 g/mol. The molecule has 0 saturated carbocycles. The van der Waals surface area contributed by atoms with Crippen molar-refractivity contribution in [2.45, 2.75) is 33.6 Å². The Labute approximate surface area is 141 Å². The minimum Gasteiger partial charge on any atom is -0.324 e. The number of aromatic nitrogens is 3. The van der Waals surface area contributed by atoms with E-state index >= 15 is 0 Å². The van der Waals surface area contributed by atoms with Crippen molar-refractivity contribution in [1.82, 2.24) is 14.8 Å². The highest BCUT2D eigenvalue weighted by atomic mass is 16.1. The van der Waals surface area contributed by atoms with Crippen LogP contribution in [-0.2, 0) is 4.79 Å². The average molecular weight is 322 g/mol. The van der Waals surface area contributed by atoms with E-state index in [0.29, 0.717) is 0 Å². The zero-order chi connectivity index (χ0) is 17.1. The lowest BCUT2D eigenvalue weighted by Gasteiger charge is -2.12. The maximum atomic E-state index is 12.3. The molecule has 0 fully saturated rings. The van der Waals surface area contributed by atoms with E-state index in [2.05, 4.69) is 15.4 Å². The molecule has 24 heavy (non-hydrogen) atoms. The number of benzene rings is 1. The number of nitrogens with zero attached hydrogens (tertiary/aromatic N) is 3. The summed E-state index contributed by atoms with van der Waals surface area (Å²) in [6, 6.07) is 11.9. The number of pyridine rings is 1. The van der Waals surface area contributed by atoms with E-state index in [1.807, 2.05) is 61.9 Å². The normalized spacial score (nSPS) is 11.2. The van der Waals surface area contributed by atoms with Crippen molar-refractivity contribution in [1.29, 1.82) is 0 Å². The summed E-state index contributed by atoms with van der Waals surface area (Å²) in [7, 11) is 0. The standard InChI is InChI=1S/C19H22N4O/c1-4-14(5-2)19(24)21-15-11-17-13(3)22-23(18(17)20-12-15)16-9-7-6-8-10-16/h6-12,14H,4-5H2,1-3H3,(H,21,24). The van der Waals surface area contributed by atoms with Crippen LogP contribution in [0, 0.1) is 12.8 Å². The van der Waals surface area contributed by atoms with Crippen molar-refractivity contribution in [3.8, 4) is 5.69 Å². The summed E-state index contributed by atoms with van der Waals surface area (Å²) in [5.41, 5.74) is 3.37. The predicted octanol–water partition coefficient (Wildman–Crippen LogP) is 4.10. The van der Waals surface area contributed by atoms with Crippen LogP contribution in [0.15, 0.2) is 42.6 Å². The molecule has 1 amide bonds. The molecule has 1 aromatic carbocycles. The number of fused-ring (bicyclic) bond motifs is 1. The van der Waals surface area contributed by atoms with Crippen LogP contribution in [0.1, 0.15) is 32.4 Å². The maximum absolute atomic E-state index is 12.3. The smallest absolute Gasteiger partial charge is 0.227 e. The molecule has 5 heteroatoms. The van der Waals surface area contributed by atoms with E-state index in [-0.39, 0.29) is 11.8 Å². The van der Waals surface area contributed by atoms with Crippen molar-refractivity contribution in [3.05, 3.63) is 48.3 Å². The fourth-order valence-corrected chi connectivity index (χ4v) is 2.87. The summed E-state index contributed by atoms with van der Waals surface area (Å²) in [4.78, 5) is 16.8. The molecule has 0 spiro atoms. The van der Waals surface area contributed by atoms with Gasteiger partial charge in [-0.05, 0) is 38.0 Å². The third-order valence-electron chi connectivity index (χ3n) is 4.33. The fraction of sp³-hybridized carbons (Fsp3) is 0.316. The van der Waals surface area contributed by atoms with Gasteiger partial charge in [0.1, 0.15) is 0 Å². The van der Waals surface area contributed by atoms with Crippen LogP contribution in [0.4, 0.5) is 5.69 Å². The minimum absolute atomic E-state index is 0.0360. The summed E-state index contributed by atoms with van der Waals surface area (Å²) in [5, 5.41) is 8.51. The Morgan fingerprint density at radius 3 is 2.58 bits per heavy atom. The molecule has 3 rings (SSSR count). The number of nitrogens with one attached hydrogen (secondary N) is 1. The number of amides is 1. The Hall–Kier alpha value is -2.69. The van der Waals surface area contributed by atoms with Gasteiger partial charge in [-0.15, -0.1) is 0 Å². The van der Waals surface area contributed by atoms with E-state index < -0.39 is 0 Å². The van der Waals surface area contributed by atoms with Crippen molar-refractivity contribution < 1.29 is 4.79 Å². The largest absolute Gasteiger partial charge is 0.324 e. The third-order valence-corrected chi connectivity index (χ3v) is 4.33. The first-order valence-corrected chi connectivity index (χ1v) is 8.35. The minimum atomic E-state index is 0.0360. The number of aryl methyl sites for hydroxylation is 1. The zero-order valence-corrected chi connectivity index (χ0v) is 14.3. The van der Waals surface area contributed by atoms with Crippen molar-refractivity contribution >= 4 is 22.6 Å². The number of para-hydroxylation sites is 1. The second-order valence-electron chi connectivity index (χ2n) is 5.93. The Morgan fingerprint density at radius 2 is 1.92 bits per heavy atom. The van der Waals surface area contributed by atoms with Gasteiger partial charge in [0.25, 0.3) is 0 Å². The highest BCUT2D eigenvalue weighted by molar-refractivity contribution is 5.94. The quantitative estimate of drug-likeness (QED) is 0.769. The van der Waals surface area contributed by atoms with Crippen LogP contribution in [0.2, 0.25) is 0 Å². The van der Waals surface area contributed by atoms with Gasteiger partial charge in [-0.1, -0.05) is 32.0 Å². The Morgan fingerprint density at radius 1 is 1.21 bits per heavy atom. The second kappa shape index (κ2) is 6.83. The molecule has 0 atom stereocenters. The van der Waals surface area contributed by atoms with Crippen LogP contribution in [0.5, 0.6) is 0 Å². The van der Waals surface area contributed by atoms with Crippen molar-refractivity contribution in [3.63, 3.8) is 0 Å². The molecule has 2 aromatic heterocycles. The molecule has 0 aliphatic carbocycles. The van der Waals surface area contributed by atoms with Gasteiger partial charge in [0.2, 0.25) is 5.91 Å². The van der Waals surface area contributed by atoms with Gasteiger partial charge in [-0.25, -0.2) is 9.67 Å². The highest BCUT2D eigenvalue weighted by Gasteiger charge is 2.16. The summed E-state index contributed by atoms with van der Waals surface area (Å²) < 4.78 is 1.83. The van der Waals surface area contributed by atoms with Crippen molar-refractivity contribution in [2.24, 2.45) is 5.92 Å². The number of anilines is 1. The summed E-state index contributed by atoms with van der Waals surface area (Å²) in [6.45, 7) is 6.02. The van der Waals surface area contributed by atoms with Gasteiger partial charge < -0.3 is 5.32 Å². The fourth-order valence-electron chi connectivity index (χ4n) is 2.87. The Balaban J connectivity index is 1.95. The number of hydrogen-bond donors (Lipinski definition) is 1. The lowest BCUT2D eigenvalue weighted by atomic mass is 10.0. The molecule has 3 aromatic rings. The van der Waals surface area contributed by atoms with Gasteiger partial charge in [0.05, 0.1) is 23.3 Å². The topological polar surface area (TPSA) is 59.8 Å². The van der Waals surface area contributed by atoms with E-state index in [1.54, 1.807) is 6.20 Å². The summed E-state index contributed by atoms with van der Waals surface area (Å²) >= 11 is 0. The summed E-state index contributed by atoms with van der Waals surface area (Å²) in [6.07, 6.45) is 3.37. The van der Waals surface area contributed by atoms with Crippen LogP contribution in [-0.4, -0.2) is 20.7 Å².